The highest BCUT2D eigenvalue weighted by molar-refractivity contribution is 9.10. The summed E-state index contributed by atoms with van der Waals surface area (Å²) in [6.07, 6.45) is 0.378. The molecule has 1 aliphatic rings. The lowest BCUT2D eigenvalue weighted by molar-refractivity contribution is -0.0510. The quantitative estimate of drug-likeness (QED) is 0.802. The molecule has 0 aliphatic heterocycles. The van der Waals surface area contributed by atoms with Gasteiger partial charge in [-0.25, -0.2) is 4.79 Å². The van der Waals surface area contributed by atoms with Crippen LogP contribution >= 0.6 is 15.9 Å². The molecule has 1 aromatic carbocycles. The van der Waals surface area contributed by atoms with E-state index in [4.69, 9.17) is 5.11 Å². The first-order valence-corrected chi connectivity index (χ1v) is 6.58. The highest BCUT2D eigenvalue weighted by Gasteiger charge is 2.47. The second kappa shape index (κ2) is 4.55. The van der Waals surface area contributed by atoms with E-state index in [1.165, 1.54) is 0 Å². The lowest BCUT2D eigenvalue weighted by atomic mass is 9.64. The number of aliphatic hydroxyl groups excluding tert-OH is 1. The summed E-state index contributed by atoms with van der Waals surface area (Å²) in [7, 11) is 0. The summed E-state index contributed by atoms with van der Waals surface area (Å²) in [4.78, 5) is 11.0. The van der Waals surface area contributed by atoms with Gasteiger partial charge in [-0.05, 0) is 24.6 Å². The largest absolute Gasteiger partial charge is 0.478 e. The Hall–Kier alpha value is -1.07. The number of halogens is 1. The molecule has 4 nitrogen and oxygen atoms in total. The number of hydrogen-bond donors (Lipinski definition) is 3. The van der Waals surface area contributed by atoms with E-state index in [1.807, 2.05) is 19.9 Å². The fourth-order valence-electron chi connectivity index (χ4n) is 2.15. The molecule has 0 aromatic heterocycles. The van der Waals surface area contributed by atoms with Crippen LogP contribution in [0.15, 0.2) is 22.7 Å². The highest BCUT2D eigenvalue weighted by Crippen LogP contribution is 2.42. The smallest absolute Gasteiger partial charge is 0.335 e. The molecule has 1 aromatic rings. The molecule has 1 saturated carbocycles. The lowest BCUT2D eigenvalue weighted by Gasteiger charge is -2.49. The summed E-state index contributed by atoms with van der Waals surface area (Å²) in [6.45, 7) is 3.99. The average Bonchev–Trinajstić information content (AvgIpc) is 2.28. The van der Waals surface area contributed by atoms with Crippen molar-refractivity contribution in [1.82, 2.24) is 0 Å². The molecule has 0 amide bonds. The van der Waals surface area contributed by atoms with Gasteiger partial charge in [0.25, 0.3) is 0 Å². The van der Waals surface area contributed by atoms with Crippen LogP contribution in [-0.4, -0.2) is 28.3 Å². The zero-order valence-electron chi connectivity index (χ0n) is 10.3. The standard InChI is InChI=1S/C13H16BrNO3/c1-13(2)10(6-11(13)16)15-9-4-7(12(17)18)3-8(14)5-9/h3-5,10-11,15-16H,6H2,1-2H3,(H,17,18). The number of benzene rings is 1. The first kappa shape index (κ1) is 13.4. The van der Waals surface area contributed by atoms with Gasteiger partial charge in [0.1, 0.15) is 0 Å². The van der Waals surface area contributed by atoms with Crippen LogP contribution in [0.1, 0.15) is 30.6 Å². The number of anilines is 1. The number of aromatic carboxylic acids is 1. The molecule has 1 aliphatic carbocycles. The van der Waals surface area contributed by atoms with E-state index < -0.39 is 5.97 Å². The van der Waals surface area contributed by atoms with Crippen LogP contribution in [0.5, 0.6) is 0 Å². The number of carboxylic acid groups (broad SMARTS) is 1. The lowest BCUT2D eigenvalue weighted by Crippen LogP contribution is -2.56. The third kappa shape index (κ3) is 2.37. The van der Waals surface area contributed by atoms with E-state index in [-0.39, 0.29) is 23.1 Å². The summed E-state index contributed by atoms with van der Waals surface area (Å²) in [5.41, 5.74) is 0.808. The van der Waals surface area contributed by atoms with Crippen LogP contribution in [0, 0.1) is 5.41 Å². The monoisotopic (exact) mass is 313 g/mol. The van der Waals surface area contributed by atoms with Crippen molar-refractivity contribution in [3.05, 3.63) is 28.2 Å². The number of rotatable bonds is 3. The number of carbonyl (C=O) groups is 1. The topological polar surface area (TPSA) is 69.6 Å². The molecule has 0 bridgehead atoms. The molecular formula is C13H16BrNO3. The van der Waals surface area contributed by atoms with Crippen molar-refractivity contribution in [3.63, 3.8) is 0 Å². The molecule has 18 heavy (non-hydrogen) atoms. The molecule has 0 heterocycles. The van der Waals surface area contributed by atoms with Crippen LogP contribution in [0.2, 0.25) is 0 Å². The zero-order valence-corrected chi connectivity index (χ0v) is 11.9. The second-order valence-corrected chi connectivity index (χ2v) is 6.22. The minimum Gasteiger partial charge on any atom is -0.478 e. The third-order valence-electron chi connectivity index (χ3n) is 3.70. The van der Waals surface area contributed by atoms with Crippen molar-refractivity contribution < 1.29 is 15.0 Å². The molecule has 5 heteroatoms. The van der Waals surface area contributed by atoms with Gasteiger partial charge in [-0.2, -0.15) is 0 Å². The minimum absolute atomic E-state index is 0.156. The predicted molar refractivity (Wildman–Crippen MR) is 72.9 cm³/mol. The van der Waals surface area contributed by atoms with E-state index in [0.29, 0.717) is 6.42 Å². The van der Waals surface area contributed by atoms with Gasteiger partial charge in [-0.1, -0.05) is 29.8 Å². The molecule has 1 fully saturated rings. The van der Waals surface area contributed by atoms with Crippen molar-refractivity contribution in [2.75, 3.05) is 5.32 Å². The Bertz CT molecular complexity index is 487. The van der Waals surface area contributed by atoms with Crippen LogP contribution in [0.3, 0.4) is 0 Å². The molecule has 98 valence electrons. The zero-order chi connectivity index (χ0) is 13.5. The van der Waals surface area contributed by atoms with Crippen LogP contribution in [-0.2, 0) is 0 Å². The number of aliphatic hydroxyl groups is 1. The Morgan fingerprint density at radius 2 is 2.11 bits per heavy atom. The van der Waals surface area contributed by atoms with Gasteiger partial charge in [0.15, 0.2) is 0 Å². The van der Waals surface area contributed by atoms with Gasteiger partial charge >= 0.3 is 5.97 Å². The number of hydrogen-bond acceptors (Lipinski definition) is 3. The van der Waals surface area contributed by atoms with E-state index >= 15 is 0 Å². The average molecular weight is 314 g/mol. The SMILES string of the molecule is CC1(C)C(O)CC1Nc1cc(Br)cc(C(=O)O)c1. The second-order valence-electron chi connectivity index (χ2n) is 5.30. The van der Waals surface area contributed by atoms with Crippen molar-refractivity contribution >= 4 is 27.6 Å². The highest BCUT2D eigenvalue weighted by atomic mass is 79.9. The van der Waals surface area contributed by atoms with E-state index in [1.54, 1.807) is 12.1 Å². The first-order chi connectivity index (χ1) is 8.30. The number of nitrogens with one attached hydrogen (secondary N) is 1. The normalized spacial score (nSPS) is 25.3. The van der Waals surface area contributed by atoms with Crippen molar-refractivity contribution in [1.29, 1.82) is 0 Å². The van der Waals surface area contributed by atoms with E-state index in [9.17, 15) is 9.90 Å². The predicted octanol–water partition coefficient (Wildman–Crippen LogP) is 2.72. The van der Waals surface area contributed by atoms with Crippen LogP contribution in [0.25, 0.3) is 0 Å². The molecule has 0 spiro atoms. The molecule has 3 N–H and O–H groups in total. The molecular weight excluding hydrogens is 298 g/mol. The molecule has 2 unspecified atom stereocenters. The van der Waals surface area contributed by atoms with E-state index in [0.717, 1.165) is 10.2 Å². The Balaban J connectivity index is 2.18. The molecule has 0 saturated heterocycles. The maximum Gasteiger partial charge on any atom is 0.335 e. The molecule has 2 rings (SSSR count). The van der Waals surface area contributed by atoms with Gasteiger partial charge in [-0.15, -0.1) is 0 Å². The number of carboxylic acids is 1. The van der Waals surface area contributed by atoms with Crippen molar-refractivity contribution in [2.24, 2.45) is 5.41 Å². The third-order valence-corrected chi connectivity index (χ3v) is 4.16. The fraction of sp³-hybridized carbons (Fsp3) is 0.462. The van der Waals surface area contributed by atoms with Crippen LogP contribution < -0.4 is 5.32 Å². The maximum absolute atomic E-state index is 11.0. The van der Waals surface area contributed by atoms with Gasteiger partial charge in [0.05, 0.1) is 11.7 Å². The van der Waals surface area contributed by atoms with Crippen molar-refractivity contribution in [2.45, 2.75) is 32.4 Å². The summed E-state index contributed by atoms with van der Waals surface area (Å²) in [5.74, 6) is -0.952. The summed E-state index contributed by atoms with van der Waals surface area (Å²) in [6, 6.07) is 5.17. The van der Waals surface area contributed by atoms with Crippen molar-refractivity contribution in [3.8, 4) is 0 Å². The van der Waals surface area contributed by atoms with Gasteiger partial charge in [-0.3, -0.25) is 0 Å². The minimum atomic E-state index is -0.952. The van der Waals surface area contributed by atoms with Crippen LogP contribution in [0.4, 0.5) is 5.69 Å². The Kier molecular flexibility index (Phi) is 3.38. The Morgan fingerprint density at radius 1 is 1.44 bits per heavy atom. The molecule has 0 radical (unpaired) electrons. The summed E-state index contributed by atoms with van der Waals surface area (Å²) in [5, 5.41) is 22.0. The van der Waals surface area contributed by atoms with Gasteiger partial charge in [0.2, 0.25) is 0 Å². The summed E-state index contributed by atoms with van der Waals surface area (Å²) >= 11 is 3.30. The van der Waals surface area contributed by atoms with Gasteiger partial charge in [0, 0.05) is 21.6 Å². The fourth-order valence-corrected chi connectivity index (χ4v) is 2.64. The maximum atomic E-state index is 11.0. The Morgan fingerprint density at radius 3 is 2.61 bits per heavy atom. The molecule has 2 atom stereocenters. The first-order valence-electron chi connectivity index (χ1n) is 5.79. The summed E-state index contributed by atoms with van der Waals surface area (Å²) < 4.78 is 0.725. The van der Waals surface area contributed by atoms with E-state index in [2.05, 4.69) is 21.2 Å². The Labute approximate surface area is 114 Å². The van der Waals surface area contributed by atoms with Gasteiger partial charge < -0.3 is 15.5 Å².